The molecule has 0 saturated carbocycles. The van der Waals surface area contributed by atoms with Crippen molar-refractivity contribution in [3.63, 3.8) is 0 Å². The van der Waals surface area contributed by atoms with Crippen LogP contribution in [0.15, 0.2) is 0 Å². The first-order valence-electron chi connectivity index (χ1n) is 6.90. The number of hydrogen-bond acceptors (Lipinski definition) is 3. The van der Waals surface area contributed by atoms with Crippen LogP contribution in [0.25, 0.3) is 0 Å². The lowest BCUT2D eigenvalue weighted by atomic mass is 9.75. The summed E-state index contributed by atoms with van der Waals surface area (Å²) in [4.78, 5) is 0. The molecule has 1 atom stereocenters. The summed E-state index contributed by atoms with van der Waals surface area (Å²) in [5.41, 5.74) is 0.125. The van der Waals surface area contributed by atoms with Gasteiger partial charge in [0.2, 0.25) is 0 Å². The van der Waals surface area contributed by atoms with Crippen LogP contribution < -0.4 is 10.6 Å². The van der Waals surface area contributed by atoms with Crippen LogP contribution in [0.3, 0.4) is 0 Å². The smallest absolute Gasteiger partial charge is 0.0862 e. The number of ether oxygens (including phenoxy) is 1. The number of hydrogen-bond donors (Lipinski definition) is 2. The highest BCUT2D eigenvalue weighted by atomic mass is 16.5. The fourth-order valence-electron chi connectivity index (χ4n) is 3.41. The first-order chi connectivity index (χ1) is 7.82. The Balaban J connectivity index is 2.11. The summed E-state index contributed by atoms with van der Waals surface area (Å²) < 4.78 is 6.20. The highest BCUT2D eigenvalue weighted by molar-refractivity contribution is 5.01. The lowest BCUT2D eigenvalue weighted by Gasteiger charge is -2.49. The maximum Gasteiger partial charge on any atom is 0.0862 e. The monoisotopic (exact) mass is 226 g/mol. The van der Waals surface area contributed by atoms with Crippen LogP contribution in [-0.4, -0.2) is 37.9 Å². The van der Waals surface area contributed by atoms with Gasteiger partial charge in [-0.15, -0.1) is 0 Å². The molecular weight excluding hydrogens is 200 g/mol. The van der Waals surface area contributed by atoms with Crippen molar-refractivity contribution < 1.29 is 4.74 Å². The second-order valence-electron chi connectivity index (χ2n) is 5.17. The zero-order chi connectivity index (χ0) is 11.4. The van der Waals surface area contributed by atoms with Crippen molar-refractivity contribution in [1.82, 2.24) is 10.6 Å². The summed E-state index contributed by atoms with van der Waals surface area (Å²) in [5, 5.41) is 7.17. The number of nitrogens with one attached hydrogen (secondary N) is 2. The molecule has 0 radical (unpaired) electrons. The average Bonchev–Trinajstić information content (AvgIpc) is 2.34. The second-order valence-corrected chi connectivity index (χ2v) is 5.17. The van der Waals surface area contributed by atoms with Crippen molar-refractivity contribution in [2.75, 3.05) is 26.2 Å². The zero-order valence-corrected chi connectivity index (χ0v) is 10.7. The molecular formula is C13H26N2O. The second kappa shape index (κ2) is 5.48. The van der Waals surface area contributed by atoms with E-state index in [-0.39, 0.29) is 5.60 Å². The number of morpholine rings is 1. The fraction of sp³-hybridized carbons (Fsp3) is 1.00. The molecule has 0 amide bonds. The first-order valence-corrected chi connectivity index (χ1v) is 6.90. The highest BCUT2D eigenvalue weighted by Gasteiger charge is 2.45. The molecule has 0 aromatic rings. The van der Waals surface area contributed by atoms with Gasteiger partial charge in [0.25, 0.3) is 0 Å². The number of rotatable bonds is 3. The minimum absolute atomic E-state index is 0.125. The van der Waals surface area contributed by atoms with Crippen LogP contribution in [0, 0.1) is 5.92 Å². The summed E-state index contributed by atoms with van der Waals surface area (Å²) in [6.45, 7) is 8.74. The van der Waals surface area contributed by atoms with Crippen molar-refractivity contribution >= 4 is 0 Å². The Bertz CT molecular complexity index is 202. The van der Waals surface area contributed by atoms with Gasteiger partial charge in [-0.25, -0.2) is 0 Å². The molecule has 3 nitrogen and oxygen atoms in total. The van der Waals surface area contributed by atoms with Crippen LogP contribution in [-0.2, 0) is 4.74 Å². The van der Waals surface area contributed by atoms with Crippen molar-refractivity contribution in [3.8, 4) is 0 Å². The van der Waals surface area contributed by atoms with Crippen LogP contribution in [0.5, 0.6) is 0 Å². The van der Waals surface area contributed by atoms with E-state index in [0.717, 1.165) is 32.2 Å². The molecule has 2 fully saturated rings. The SMILES string of the molecule is CCC(CC)C1NCCOC12CCNCC2. The molecule has 1 unspecified atom stereocenters. The highest BCUT2D eigenvalue weighted by Crippen LogP contribution is 2.35. The molecule has 0 aromatic heterocycles. The van der Waals surface area contributed by atoms with Gasteiger partial charge < -0.3 is 15.4 Å². The summed E-state index contributed by atoms with van der Waals surface area (Å²) in [7, 11) is 0. The molecule has 0 aromatic carbocycles. The van der Waals surface area contributed by atoms with Crippen molar-refractivity contribution in [2.24, 2.45) is 5.92 Å². The Morgan fingerprint density at radius 3 is 2.50 bits per heavy atom. The fourth-order valence-corrected chi connectivity index (χ4v) is 3.41. The molecule has 2 saturated heterocycles. The zero-order valence-electron chi connectivity index (χ0n) is 10.7. The third-order valence-corrected chi connectivity index (χ3v) is 4.39. The van der Waals surface area contributed by atoms with Crippen molar-refractivity contribution in [2.45, 2.75) is 51.2 Å². The number of piperidine rings is 1. The van der Waals surface area contributed by atoms with E-state index in [9.17, 15) is 0 Å². The molecule has 0 aliphatic carbocycles. The van der Waals surface area contributed by atoms with Gasteiger partial charge >= 0.3 is 0 Å². The van der Waals surface area contributed by atoms with Gasteiger partial charge in [-0.05, 0) is 31.8 Å². The van der Waals surface area contributed by atoms with Crippen LogP contribution in [0.1, 0.15) is 39.5 Å². The molecule has 94 valence electrons. The first kappa shape index (κ1) is 12.3. The Morgan fingerprint density at radius 1 is 1.19 bits per heavy atom. The standard InChI is InChI=1S/C13H26N2O/c1-3-11(4-2)12-13(16-10-9-15-12)5-7-14-8-6-13/h11-12,14-15H,3-10H2,1-2H3. The van der Waals surface area contributed by atoms with E-state index in [0.29, 0.717) is 6.04 Å². The lowest BCUT2D eigenvalue weighted by Crippen LogP contribution is -2.64. The van der Waals surface area contributed by atoms with E-state index in [2.05, 4.69) is 24.5 Å². The van der Waals surface area contributed by atoms with Crippen LogP contribution >= 0.6 is 0 Å². The van der Waals surface area contributed by atoms with Crippen molar-refractivity contribution in [3.05, 3.63) is 0 Å². The van der Waals surface area contributed by atoms with Gasteiger partial charge in [-0.3, -0.25) is 0 Å². The van der Waals surface area contributed by atoms with E-state index < -0.39 is 0 Å². The minimum Gasteiger partial charge on any atom is -0.372 e. The Labute approximate surface area is 99.3 Å². The molecule has 2 aliphatic heterocycles. The summed E-state index contributed by atoms with van der Waals surface area (Å²) in [6, 6.07) is 0.568. The quantitative estimate of drug-likeness (QED) is 0.766. The molecule has 0 bridgehead atoms. The normalized spacial score (nSPS) is 29.8. The third-order valence-electron chi connectivity index (χ3n) is 4.39. The van der Waals surface area contributed by atoms with Gasteiger partial charge in [-0.2, -0.15) is 0 Å². The third kappa shape index (κ3) is 2.27. The molecule has 16 heavy (non-hydrogen) atoms. The molecule has 2 aliphatic rings. The molecule has 2 N–H and O–H groups in total. The average molecular weight is 226 g/mol. The topological polar surface area (TPSA) is 33.3 Å². The van der Waals surface area contributed by atoms with E-state index >= 15 is 0 Å². The van der Waals surface area contributed by atoms with E-state index in [4.69, 9.17) is 4.74 Å². The van der Waals surface area contributed by atoms with Crippen LogP contribution in [0.4, 0.5) is 0 Å². The Morgan fingerprint density at radius 2 is 1.88 bits per heavy atom. The van der Waals surface area contributed by atoms with Gasteiger partial charge in [0.15, 0.2) is 0 Å². The van der Waals surface area contributed by atoms with Gasteiger partial charge in [-0.1, -0.05) is 26.7 Å². The summed E-state index contributed by atoms with van der Waals surface area (Å²) in [6.07, 6.45) is 4.85. The maximum absolute atomic E-state index is 6.20. The van der Waals surface area contributed by atoms with Gasteiger partial charge in [0.1, 0.15) is 0 Å². The lowest BCUT2D eigenvalue weighted by molar-refractivity contribution is -0.127. The molecule has 2 rings (SSSR count). The van der Waals surface area contributed by atoms with E-state index in [1.165, 1.54) is 25.7 Å². The predicted molar refractivity (Wildman–Crippen MR) is 66.6 cm³/mol. The minimum atomic E-state index is 0.125. The Hall–Kier alpha value is -0.120. The molecule has 1 spiro atoms. The summed E-state index contributed by atoms with van der Waals surface area (Å²) in [5.74, 6) is 0.762. The van der Waals surface area contributed by atoms with Crippen LogP contribution in [0.2, 0.25) is 0 Å². The summed E-state index contributed by atoms with van der Waals surface area (Å²) >= 11 is 0. The largest absolute Gasteiger partial charge is 0.372 e. The van der Waals surface area contributed by atoms with E-state index in [1.807, 2.05) is 0 Å². The molecule has 3 heteroatoms. The maximum atomic E-state index is 6.20. The molecule has 2 heterocycles. The Kier molecular flexibility index (Phi) is 4.22. The van der Waals surface area contributed by atoms with Crippen molar-refractivity contribution in [1.29, 1.82) is 0 Å². The van der Waals surface area contributed by atoms with Gasteiger partial charge in [0.05, 0.1) is 12.2 Å². The van der Waals surface area contributed by atoms with E-state index in [1.54, 1.807) is 0 Å². The predicted octanol–water partition coefficient (Wildman–Crippen LogP) is 1.53. The van der Waals surface area contributed by atoms with Gasteiger partial charge in [0, 0.05) is 12.6 Å².